The summed E-state index contributed by atoms with van der Waals surface area (Å²) in [4.78, 5) is 17.2. The molecule has 6 heteroatoms. The zero-order chi connectivity index (χ0) is 20.8. The number of benzene rings is 2. The van der Waals surface area contributed by atoms with Crippen molar-refractivity contribution >= 4 is 28.9 Å². The van der Waals surface area contributed by atoms with E-state index in [1.165, 1.54) is 5.56 Å². The van der Waals surface area contributed by atoms with Gasteiger partial charge >= 0.3 is 0 Å². The van der Waals surface area contributed by atoms with E-state index in [-0.39, 0.29) is 12.5 Å². The Morgan fingerprint density at radius 3 is 2.41 bits per heavy atom. The molecule has 0 bridgehead atoms. The third-order valence-electron chi connectivity index (χ3n) is 5.31. The summed E-state index contributed by atoms with van der Waals surface area (Å²) < 4.78 is 5.65. The van der Waals surface area contributed by atoms with Crippen LogP contribution in [0.25, 0.3) is 0 Å². The molecule has 2 aromatic carbocycles. The van der Waals surface area contributed by atoms with Crippen LogP contribution in [0.1, 0.15) is 32.3 Å². The van der Waals surface area contributed by atoms with E-state index in [4.69, 9.17) is 16.3 Å². The Hall–Kier alpha value is -2.24. The number of piperazine rings is 1. The van der Waals surface area contributed by atoms with Crippen molar-refractivity contribution in [3.8, 4) is 5.75 Å². The Kier molecular flexibility index (Phi) is 7.40. The number of carbonyl (C=O) groups excluding carboxylic acids is 1. The number of nitrogens with one attached hydrogen (secondary N) is 1. The molecule has 0 unspecified atom stereocenters. The van der Waals surface area contributed by atoms with E-state index in [0.717, 1.165) is 44.1 Å². The summed E-state index contributed by atoms with van der Waals surface area (Å²) in [7, 11) is 0. The maximum atomic E-state index is 12.5. The van der Waals surface area contributed by atoms with E-state index >= 15 is 0 Å². The van der Waals surface area contributed by atoms with Gasteiger partial charge in [-0.2, -0.15) is 0 Å². The first-order valence-electron chi connectivity index (χ1n) is 10.3. The van der Waals surface area contributed by atoms with Crippen LogP contribution in [-0.2, 0) is 4.79 Å². The SMILES string of the molecule is CCN1CCN(c2c(Cl)cccc2NC(=O)COc2ccc(C(C)C)cc2)CC1. The monoisotopic (exact) mass is 415 g/mol. The molecule has 1 aliphatic rings. The Bertz CT molecular complexity index is 815. The van der Waals surface area contributed by atoms with Crippen molar-refractivity contribution in [3.05, 3.63) is 53.1 Å². The highest BCUT2D eigenvalue weighted by Crippen LogP contribution is 2.34. The first-order valence-corrected chi connectivity index (χ1v) is 10.6. The fourth-order valence-corrected chi connectivity index (χ4v) is 3.80. The summed E-state index contributed by atoms with van der Waals surface area (Å²) in [6, 6.07) is 13.5. The molecule has 0 saturated carbocycles. The summed E-state index contributed by atoms with van der Waals surface area (Å²) in [5, 5.41) is 3.62. The molecule has 3 rings (SSSR count). The summed E-state index contributed by atoms with van der Waals surface area (Å²) >= 11 is 6.49. The normalized spacial score (nSPS) is 14.9. The first kappa shape index (κ1) is 21.5. The fourth-order valence-electron chi connectivity index (χ4n) is 3.51. The molecule has 1 N–H and O–H groups in total. The highest BCUT2D eigenvalue weighted by atomic mass is 35.5. The second-order valence-corrected chi connectivity index (χ2v) is 8.03. The van der Waals surface area contributed by atoms with Crippen molar-refractivity contribution in [1.29, 1.82) is 0 Å². The van der Waals surface area contributed by atoms with Gasteiger partial charge in [-0.15, -0.1) is 0 Å². The van der Waals surface area contributed by atoms with Gasteiger partial charge < -0.3 is 19.9 Å². The molecular weight excluding hydrogens is 386 g/mol. The molecule has 0 atom stereocenters. The van der Waals surface area contributed by atoms with E-state index in [0.29, 0.717) is 16.7 Å². The standard InChI is InChI=1S/C23H30ClN3O2/c1-4-26-12-14-27(15-13-26)23-20(24)6-5-7-21(23)25-22(28)16-29-19-10-8-18(9-11-19)17(2)3/h5-11,17H,4,12-16H2,1-3H3,(H,25,28). The molecule has 5 nitrogen and oxygen atoms in total. The topological polar surface area (TPSA) is 44.8 Å². The van der Waals surface area contributed by atoms with Crippen LogP contribution in [0.15, 0.2) is 42.5 Å². The smallest absolute Gasteiger partial charge is 0.262 e. The molecule has 29 heavy (non-hydrogen) atoms. The highest BCUT2D eigenvalue weighted by Gasteiger charge is 2.21. The third kappa shape index (κ3) is 5.64. The van der Waals surface area contributed by atoms with Crippen LogP contribution < -0.4 is 15.0 Å². The number of anilines is 2. The fraction of sp³-hybridized carbons (Fsp3) is 0.435. The molecule has 156 valence electrons. The van der Waals surface area contributed by atoms with Crippen molar-refractivity contribution < 1.29 is 9.53 Å². The van der Waals surface area contributed by atoms with Crippen molar-refractivity contribution in [2.24, 2.45) is 0 Å². The second-order valence-electron chi connectivity index (χ2n) is 7.62. The molecule has 0 radical (unpaired) electrons. The summed E-state index contributed by atoms with van der Waals surface area (Å²) in [6.45, 7) is 11.2. The van der Waals surface area contributed by atoms with Gasteiger partial charge in [-0.25, -0.2) is 0 Å². The predicted molar refractivity (Wildman–Crippen MR) is 120 cm³/mol. The molecule has 0 spiro atoms. The van der Waals surface area contributed by atoms with Crippen LogP contribution in [0.4, 0.5) is 11.4 Å². The van der Waals surface area contributed by atoms with Crippen molar-refractivity contribution in [3.63, 3.8) is 0 Å². The van der Waals surface area contributed by atoms with E-state index in [1.807, 2.05) is 42.5 Å². The lowest BCUT2D eigenvalue weighted by Crippen LogP contribution is -2.46. The average molecular weight is 416 g/mol. The zero-order valence-electron chi connectivity index (χ0n) is 17.5. The van der Waals surface area contributed by atoms with Crippen LogP contribution in [0, 0.1) is 0 Å². The van der Waals surface area contributed by atoms with E-state index in [9.17, 15) is 4.79 Å². The van der Waals surface area contributed by atoms with E-state index in [2.05, 4.69) is 35.9 Å². The molecule has 0 aliphatic carbocycles. The molecule has 1 fully saturated rings. The molecule has 0 aromatic heterocycles. The second kappa shape index (κ2) is 9.99. The Labute approximate surface area is 178 Å². The number of amides is 1. The number of nitrogens with zero attached hydrogens (tertiary/aromatic N) is 2. The average Bonchev–Trinajstić information content (AvgIpc) is 2.73. The van der Waals surface area contributed by atoms with Gasteiger partial charge in [0, 0.05) is 26.2 Å². The zero-order valence-corrected chi connectivity index (χ0v) is 18.2. The van der Waals surface area contributed by atoms with Gasteiger partial charge in [-0.1, -0.05) is 50.6 Å². The summed E-state index contributed by atoms with van der Waals surface area (Å²) in [5.74, 6) is 0.952. The number of hydrogen-bond donors (Lipinski definition) is 1. The lowest BCUT2D eigenvalue weighted by molar-refractivity contribution is -0.118. The van der Waals surface area contributed by atoms with Gasteiger partial charge in [0.1, 0.15) is 5.75 Å². The number of ether oxygens (including phenoxy) is 1. The minimum Gasteiger partial charge on any atom is -0.484 e. The number of rotatable bonds is 7. The van der Waals surface area contributed by atoms with Crippen molar-refractivity contribution in [1.82, 2.24) is 4.90 Å². The minimum absolute atomic E-state index is 0.0450. The van der Waals surface area contributed by atoms with Crippen LogP contribution >= 0.6 is 11.6 Å². The number of para-hydroxylation sites is 1. The van der Waals surface area contributed by atoms with Gasteiger partial charge in [0.15, 0.2) is 6.61 Å². The first-order chi connectivity index (χ1) is 14.0. The van der Waals surface area contributed by atoms with Crippen LogP contribution in [-0.4, -0.2) is 50.1 Å². The molecule has 1 amide bonds. The van der Waals surface area contributed by atoms with Gasteiger partial charge in [-0.3, -0.25) is 4.79 Å². The van der Waals surface area contributed by atoms with Gasteiger partial charge in [0.2, 0.25) is 0 Å². The molecular formula is C23H30ClN3O2. The van der Waals surface area contributed by atoms with Gasteiger partial charge in [-0.05, 0) is 42.3 Å². The van der Waals surface area contributed by atoms with Gasteiger partial charge in [0.05, 0.1) is 16.4 Å². The number of halogens is 1. The van der Waals surface area contributed by atoms with Crippen LogP contribution in [0.2, 0.25) is 5.02 Å². The summed E-state index contributed by atoms with van der Waals surface area (Å²) in [6.07, 6.45) is 0. The maximum Gasteiger partial charge on any atom is 0.262 e. The van der Waals surface area contributed by atoms with E-state index < -0.39 is 0 Å². The number of likely N-dealkylation sites (N-methyl/N-ethyl adjacent to an activating group) is 1. The minimum atomic E-state index is -0.200. The molecule has 1 heterocycles. The van der Waals surface area contributed by atoms with Crippen LogP contribution in [0.5, 0.6) is 5.75 Å². The third-order valence-corrected chi connectivity index (χ3v) is 5.62. The Morgan fingerprint density at radius 1 is 1.10 bits per heavy atom. The van der Waals surface area contributed by atoms with E-state index in [1.54, 1.807) is 0 Å². The summed E-state index contributed by atoms with van der Waals surface area (Å²) in [5.41, 5.74) is 2.86. The van der Waals surface area contributed by atoms with Crippen LogP contribution in [0.3, 0.4) is 0 Å². The Balaban J connectivity index is 1.62. The quantitative estimate of drug-likeness (QED) is 0.716. The molecule has 1 aliphatic heterocycles. The number of hydrogen-bond acceptors (Lipinski definition) is 4. The Morgan fingerprint density at radius 2 is 1.79 bits per heavy atom. The van der Waals surface area contributed by atoms with Crippen molar-refractivity contribution in [2.45, 2.75) is 26.7 Å². The lowest BCUT2D eigenvalue weighted by Gasteiger charge is -2.36. The largest absolute Gasteiger partial charge is 0.484 e. The lowest BCUT2D eigenvalue weighted by atomic mass is 10.0. The van der Waals surface area contributed by atoms with Crippen molar-refractivity contribution in [2.75, 3.05) is 49.5 Å². The maximum absolute atomic E-state index is 12.5. The van der Waals surface area contributed by atoms with Gasteiger partial charge in [0.25, 0.3) is 5.91 Å². The molecule has 1 saturated heterocycles. The molecule has 2 aromatic rings. The number of carbonyl (C=O) groups is 1. The highest BCUT2D eigenvalue weighted by molar-refractivity contribution is 6.34. The predicted octanol–water partition coefficient (Wildman–Crippen LogP) is 4.62.